The zero-order chi connectivity index (χ0) is 19.8. The molecule has 2 heterocycles. The van der Waals surface area contributed by atoms with Crippen molar-refractivity contribution in [1.82, 2.24) is 25.3 Å². The van der Waals surface area contributed by atoms with Crippen LogP contribution in [0.4, 0.5) is 0 Å². The summed E-state index contributed by atoms with van der Waals surface area (Å²) in [5, 5.41) is 11.3. The first-order valence-corrected chi connectivity index (χ1v) is 10.5. The average Bonchev–Trinajstić information content (AvgIpc) is 3.20. The van der Waals surface area contributed by atoms with Gasteiger partial charge in [0.05, 0.1) is 13.1 Å². The molecule has 0 atom stereocenters. The van der Waals surface area contributed by atoms with E-state index in [1.54, 1.807) is 0 Å². The fraction of sp³-hybridized carbons (Fsp3) is 0.545. The smallest absolute Gasteiger partial charge is 0.191 e. The summed E-state index contributed by atoms with van der Waals surface area (Å²) in [6.07, 6.45) is 6.14. The van der Waals surface area contributed by atoms with E-state index in [1.807, 2.05) is 23.1 Å². The van der Waals surface area contributed by atoms with E-state index in [0.717, 1.165) is 32.1 Å². The van der Waals surface area contributed by atoms with Gasteiger partial charge in [0.15, 0.2) is 5.96 Å². The molecule has 1 saturated heterocycles. The lowest BCUT2D eigenvalue weighted by Crippen LogP contribution is -2.49. The number of halogens is 1. The van der Waals surface area contributed by atoms with Crippen LogP contribution in [-0.4, -0.2) is 52.4 Å². The number of guanidine groups is 1. The Bertz CT molecular complexity index is 736. The van der Waals surface area contributed by atoms with Crippen LogP contribution in [-0.2, 0) is 13.1 Å². The highest BCUT2D eigenvalue weighted by molar-refractivity contribution is 14.0. The van der Waals surface area contributed by atoms with Crippen molar-refractivity contribution in [2.45, 2.75) is 58.8 Å². The fourth-order valence-electron chi connectivity index (χ4n) is 3.65. The van der Waals surface area contributed by atoms with Crippen LogP contribution in [0.5, 0.6) is 0 Å². The van der Waals surface area contributed by atoms with E-state index < -0.39 is 0 Å². The van der Waals surface area contributed by atoms with Gasteiger partial charge in [0.1, 0.15) is 0 Å². The maximum atomic E-state index is 4.83. The summed E-state index contributed by atoms with van der Waals surface area (Å²) < 4.78 is 1.94. The Morgan fingerprint density at radius 1 is 1.21 bits per heavy atom. The van der Waals surface area contributed by atoms with Crippen LogP contribution in [0.25, 0.3) is 0 Å². The van der Waals surface area contributed by atoms with Crippen molar-refractivity contribution in [1.29, 1.82) is 0 Å². The molecule has 1 aromatic heterocycles. The molecule has 6 nitrogen and oxygen atoms in total. The highest BCUT2D eigenvalue weighted by atomic mass is 127. The Morgan fingerprint density at radius 2 is 1.97 bits per heavy atom. The quantitative estimate of drug-likeness (QED) is 0.340. The Kier molecular flexibility index (Phi) is 9.93. The third-order valence-electron chi connectivity index (χ3n) is 5.26. The van der Waals surface area contributed by atoms with Crippen molar-refractivity contribution in [2.75, 3.05) is 19.6 Å². The third-order valence-corrected chi connectivity index (χ3v) is 5.26. The highest BCUT2D eigenvalue weighted by Crippen LogP contribution is 2.13. The Morgan fingerprint density at radius 3 is 2.62 bits per heavy atom. The number of nitrogens with one attached hydrogen (secondary N) is 2. The van der Waals surface area contributed by atoms with E-state index in [9.17, 15) is 0 Å². The Hall–Kier alpha value is -1.61. The van der Waals surface area contributed by atoms with Crippen molar-refractivity contribution < 1.29 is 0 Å². The highest BCUT2D eigenvalue weighted by Gasteiger charge is 2.21. The summed E-state index contributed by atoms with van der Waals surface area (Å²) in [6, 6.07) is 11.7. The Labute approximate surface area is 192 Å². The lowest BCUT2D eigenvalue weighted by molar-refractivity contribution is 0.167. The molecular weight excluding hydrogens is 475 g/mol. The summed E-state index contributed by atoms with van der Waals surface area (Å²) in [6.45, 7) is 11.3. The topological polar surface area (TPSA) is 57.5 Å². The van der Waals surface area contributed by atoms with Crippen LogP contribution in [0.3, 0.4) is 0 Å². The molecule has 2 aromatic rings. The minimum atomic E-state index is 0. The number of piperidine rings is 1. The van der Waals surface area contributed by atoms with Gasteiger partial charge in [0.25, 0.3) is 0 Å². The van der Waals surface area contributed by atoms with Gasteiger partial charge in [-0.2, -0.15) is 5.10 Å². The van der Waals surface area contributed by atoms with Crippen molar-refractivity contribution >= 4 is 29.9 Å². The van der Waals surface area contributed by atoms with E-state index in [1.165, 1.54) is 24.0 Å². The zero-order valence-corrected chi connectivity index (χ0v) is 20.2. The number of aromatic nitrogens is 2. The molecule has 0 amide bonds. The lowest BCUT2D eigenvalue weighted by Gasteiger charge is -2.35. The fourth-order valence-corrected chi connectivity index (χ4v) is 3.65. The van der Waals surface area contributed by atoms with Crippen molar-refractivity contribution in [3.8, 4) is 0 Å². The van der Waals surface area contributed by atoms with Crippen molar-refractivity contribution in [3.05, 3.63) is 53.9 Å². The third kappa shape index (κ3) is 7.62. The minimum Gasteiger partial charge on any atom is -0.357 e. The second-order valence-corrected chi connectivity index (χ2v) is 7.77. The molecule has 1 fully saturated rings. The number of hydrogen-bond acceptors (Lipinski definition) is 3. The maximum Gasteiger partial charge on any atom is 0.191 e. The Balaban J connectivity index is 0.00000300. The predicted molar refractivity (Wildman–Crippen MR) is 131 cm³/mol. The molecule has 1 aliphatic heterocycles. The van der Waals surface area contributed by atoms with Crippen LogP contribution in [0.1, 0.15) is 44.7 Å². The SMILES string of the molecule is CCNC(=NCc1cccc(Cn2cccn2)c1)NC1CCN(C(C)C)CC1.I. The summed E-state index contributed by atoms with van der Waals surface area (Å²) >= 11 is 0. The largest absolute Gasteiger partial charge is 0.357 e. The molecule has 0 radical (unpaired) electrons. The molecule has 1 aromatic carbocycles. The lowest BCUT2D eigenvalue weighted by atomic mass is 10.0. The molecule has 2 N–H and O–H groups in total. The minimum absolute atomic E-state index is 0. The molecular formula is C22H35IN6. The van der Waals surface area contributed by atoms with E-state index in [4.69, 9.17) is 4.99 Å². The second kappa shape index (κ2) is 12.2. The summed E-state index contributed by atoms with van der Waals surface area (Å²) in [4.78, 5) is 7.38. The number of likely N-dealkylation sites (tertiary alicyclic amines) is 1. The van der Waals surface area contributed by atoms with Crippen LogP contribution in [0, 0.1) is 0 Å². The molecule has 0 aliphatic carbocycles. The van der Waals surface area contributed by atoms with Gasteiger partial charge in [0, 0.05) is 44.1 Å². The number of rotatable bonds is 7. The molecule has 0 spiro atoms. The van der Waals surface area contributed by atoms with Crippen LogP contribution >= 0.6 is 24.0 Å². The normalized spacial score (nSPS) is 15.9. The monoisotopic (exact) mass is 510 g/mol. The van der Waals surface area contributed by atoms with Gasteiger partial charge in [-0.15, -0.1) is 24.0 Å². The summed E-state index contributed by atoms with van der Waals surface area (Å²) in [5.41, 5.74) is 2.46. The van der Waals surface area contributed by atoms with Gasteiger partial charge in [0.2, 0.25) is 0 Å². The van der Waals surface area contributed by atoms with Gasteiger partial charge in [-0.25, -0.2) is 4.99 Å². The van der Waals surface area contributed by atoms with Crippen molar-refractivity contribution in [2.24, 2.45) is 4.99 Å². The second-order valence-electron chi connectivity index (χ2n) is 7.77. The van der Waals surface area contributed by atoms with Gasteiger partial charge in [-0.1, -0.05) is 24.3 Å². The number of nitrogens with zero attached hydrogens (tertiary/aromatic N) is 4. The molecule has 1 aliphatic rings. The molecule has 7 heteroatoms. The molecule has 0 saturated carbocycles. The summed E-state index contributed by atoms with van der Waals surface area (Å²) in [5.74, 6) is 0.919. The molecule has 29 heavy (non-hydrogen) atoms. The number of aliphatic imine (C=N–C) groups is 1. The van der Waals surface area contributed by atoms with Gasteiger partial charge < -0.3 is 15.5 Å². The maximum absolute atomic E-state index is 4.83. The van der Waals surface area contributed by atoms with Crippen LogP contribution in [0.15, 0.2) is 47.7 Å². The molecule has 0 bridgehead atoms. The number of benzene rings is 1. The average molecular weight is 510 g/mol. The zero-order valence-electron chi connectivity index (χ0n) is 17.8. The molecule has 3 rings (SSSR count). The van der Waals surface area contributed by atoms with Gasteiger partial charge in [-0.05, 0) is 50.8 Å². The van der Waals surface area contributed by atoms with Gasteiger partial charge >= 0.3 is 0 Å². The first-order chi connectivity index (χ1) is 13.6. The van der Waals surface area contributed by atoms with E-state index in [0.29, 0.717) is 18.6 Å². The molecule has 160 valence electrons. The van der Waals surface area contributed by atoms with Crippen LogP contribution in [0.2, 0.25) is 0 Å². The van der Waals surface area contributed by atoms with Gasteiger partial charge in [-0.3, -0.25) is 4.68 Å². The molecule has 0 unspecified atom stereocenters. The summed E-state index contributed by atoms with van der Waals surface area (Å²) in [7, 11) is 0. The van der Waals surface area contributed by atoms with E-state index in [2.05, 4.69) is 65.7 Å². The number of hydrogen-bond donors (Lipinski definition) is 2. The van der Waals surface area contributed by atoms with Crippen LogP contribution < -0.4 is 10.6 Å². The standard InChI is InChI=1S/C22H34N6.HI/c1-4-23-22(26-21-9-13-27(14-10-21)18(2)3)24-16-19-7-5-8-20(15-19)17-28-12-6-11-25-28;/h5-8,11-12,15,18,21H,4,9-10,13-14,16-17H2,1-3H3,(H2,23,24,26);1H. The van der Waals surface area contributed by atoms with E-state index >= 15 is 0 Å². The first-order valence-electron chi connectivity index (χ1n) is 10.5. The first kappa shape index (κ1) is 23.7. The van der Waals surface area contributed by atoms with E-state index in [-0.39, 0.29) is 24.0 Å². The van der Waals surface area contributed by atoms with Crippen molar-refractivity contribution in [3.63, 3.8) is 0 Å². The predicted octanol–water partition coefficient (Wildman–Crippen LogP) is 3.48.